The van der Waals surface area contributed by atoms with Crippen LogP contribution in [-0.2, 0) is 4.74 Å². The van der Waals surface area contributed by atoms with Crippen molar-refractivity contribution < 1.29 is 14.2 Å². The third-order valence-electron chi connectivity index (χ3n) is 1.88. The van der Waals surface area contributed by atoms with E-state index in [2.05, 4.69) is 0 Å². The van der Waals surface area contributed by atoms with E-state index in [1.165, 1.54) is 0 Å². The summed E-state index contributed by atoms with van der Waals surface area (Å²) in [5, 5.41) is 0. The number of benzene rings is 1. The van der Waals surface area contributed by atoms with Crippen molar-refractivity contribution in [1.29, 1.82) is 0 Å². The Morgan fingerprint density at radius 2 is 2.00 bits per heavy atom. The van der Waals surface area contributed by atoms with Gasteiger partial charge in [-0.1, -0.05) is 18.2 Å². The fourth-order valence-electron chi connectivity index (χ4n) is 1.22. The fourth-order valence-corrected chi connectivity index (χ4v) is 1.22. The molecule has 0 aliphatic heterocycles. The highest BCUT2D eigenvalue weighted by atomic mass is 16.7. The minimum absolute atomic E-state index is 0.218. The van der Waals surface area contributed by atoms with Crippen molar-refractivity contribution >= 4 is 6.08 Å². The Kier molecular flexibility index (Phi) is 4.71. The summed E-state index contributed by atoms with van der Waals surface area (Å²) in [6.07, 6.45) is 3.97. The van der Waals surface area contributed by atoms with Gasteiger partial charge in [-0.2, -0.15) is 0 Å². The smallest absolute Gasteiger partial charge is 0.188 e. The van der Waals surface area contributed by atoms with Crippen LogP contribution in [0.2, 0.25) is 0 Å². The van der Waals surface area contributed by atoms with Crippen LogP contribution in [0.1, 0.15) is 12.5 Å². The molecule has 0 N–H and O–H groups in total. The normalized spacial score (nSPS) is 10.6. The van der Waals surface area contributed by atoms with Gasteiger partial charge in [0.1, 0.15) is 0 Å². The molecule has 0 amide bonds. The van der Waals surface area contributed by atoms with Crippen molar-refractivity contribution in [3.8, 4) is 11.5 Å². The molecule has 3 nitrogen and oxygen atoms in total. The fraction of sp³-hybridized carbons (Fsp3) is 0.333. The zero-order chi connectivity index (χ0) is 11.1. The molecule has 0 saturated heterocycles. The molecule has 1 aromatic carbocycles. The predicted octanol–water partition coefficient (Wildman–Crippen LogP) is 2.71. The standard InChI is InChI=1S/C12H16O3/c1-4-5-10-6-7-11(14-3)12(8-10)15-9-13-2/h4-8H,9H2,1-3H3/b5-4+. The van der Waals surface area contributed by atoms with Crippen molar-refractivity contribution in [2.24, 2.45) is 0 Å². The van der Waals surface area contributed by atoms with Gasteiger partial charge in [-0.3, -0.25) is 0 Å². The van der Waals surface area contributed by atoms with Gasteiger partial charge in [0.25, 0.3) is 0 Å². The van der Waals surface area contributed by atoms with Crippen LogP contribution in [0.15, 0.2) is 24.3 Å². The van der Waals surface area contributed by atoms with Gasteiger partial charge < -0.3 is 14.2 Å². The molecular weight excluding hydrogens is 192 g/mol. The van der Waals surface area contributed by atoms with Crippen LogP contribution in [-0.4, -0.2) is 21.0 Å². The number of ether oxygens (including phenoxy) is 3. The van der Waals surface area contributed by atoms with E-state index in [9.17, 15) is 0 Å². The van der Waals surface area contributed by atoms with Gasteiger partial charge >= 0.3 is 0 Å². The van der Waals surface area contributed by atoms with Crippen LogP contribution < -0.4 is 9.47 Å². The van der Waals surface area contributed by atoms with E-state index < -0.39 is 0 Å². The quantitative estimate of drug-likeness (QED) is 0.696. The highest BCUT2D eigenvalue weighted by Crippen LogP contribution is 2.28. The van der Waals surface area contributed by atoms with Crippen LogP contribution in [0.5, 0.6) is 11.5 Å². The third-order valence-corrected chi connectivity index (χ3v) is 1.88. The monoisotopic (exact) mass is 208 g/mol. The van der Waals surface area contributed by atoms with Gasteiger partial charge in [-0.05, 0) is 24.6 Å². The molecule has 0 bridgehead atoms. The maximum absolute atomic E-state index is 5.38. The second-order valence-corrected chi connectivity index (χ2v) is 2.96. The van der Waals surface area contributed by atoms with Crippen LogP contribution in [0, 0.1) is 0 Å². The minimum atomic E-state index is 0.218. The molecule has 0 spiro atoms. The SMILES string of the molecule is C/C=C/c1ccc(OC)c(OCOC)c1. The largest absolute Gasteiger partial charge is 0.493 e. The lowest BCUT2D eigenvalue weighted by Crippen LogP contribution is -2.00. The van der Waals surface area contributed by atoms with Gasteiger partial charge in [0, 0.05) is 7.11 Å². The van der Waals surface area contributed by atoms with E-state index >= 15 is 0 Å². The Bertz CT molecular complexity index is 332. The number of methoxy groups -OCH3 is 2. The van der Waals surface area contributed by atoms with Gasteiger partial charge in [0.2, 0.25) is 0 Å². The maximum atomic E-state index is 5.38. The average Bonchev–Trinajstić information content (AvgIpc) is 2.27. The Morgan fingerprint density at radius 3 is 2.60 bits per heavy atom. The molecule has 0 aliphatic rings. The first-order valence-electron chi connectivity index (χ1n) is 4.74. The Labute approximate surface area is 90.3 Å². The first-order chi connectivity index (χ1) is 7.31. The Morgan fingerprint density at radius 1 is 1.20 bits per heavy atom. The molecule has 15 heavy (non-hydrogen) atoms. The molecule has 0 saturated carbocycles. The lowest BCUT2D eigenvalue weighted by Gasteiger charge is -2.10. The van der Waals surface area contributed by atoms with E-state index in [0.29, 0.717) is 11.5 Å². The van der Waals surface area contributed by atoms with E-state index in [0.717, 1.165) is 5.56 Å². The first-order valence-corrected chi connectivity index (χ1v) is 4.74. The highest BCUT2D eigenvalue weighted by molar-refractivity contribution is 5.55. The summed E-state index contributed by atoms with van der Waals surface area (Å²) < 4.78 is 15.4. The van der Waals surface area contributed by atoms with Gasteiger partial charge in [0.05, 0.1) is 7.11 Å². The summed E-state index contributed by atoms with van der Waals surface area (Å²) in [6, 6.07) is 5.76. The van der Waals surface area contributed by atoms with E-state index in [4.69, 9.17) is 14.2 Å². The van der Waals surface area contributed by atoms with E-state index in [-0.39, 0.29) is 6.79 Å². The predicted molar refractivity (Wildman–Crippen MR) is 60.2 cm³/mol. The summed E-state index contributed by atoms with van der Waals surface area (Å²) in [5.41, 5.74) is 1.07. The second-order valence-electron chi connectivity index (χ2n) is 2.96. The zero-order valence-corrected chi connectivity index (χ0v) is 9.32. The summed E-state index contributed by atoms with van der Waals surface area (Å²) in [6.45, 7) is 2.19. The van der Waals surface area contributed by atoms with E-state index in [1.807, 2.05) is 37.3 Å². The summed E-state index contributed by atoms with van der Waals surface area (Å²) in [4.78, 5) is 0. The molecule has 0 fully saturated rings. The Balaban J connectivity index is 2.91. The molecule has 0 unspecified atom stereocenters. The van der Waals surface area contributed by atoms with E-state index in [1.54, 1.807) is 14.2 Å². The van der Waals surface area contributed by atoms with Gasteiger partial charge in [-0.25, -0.2) is 0 Å². The third kappa shape index (κ3) is 3.29. The number of hydrogen-bond donors (Lipinski definition) is 0. The lowest BCUT2D eigenvalue weighted by molar-refractivity contribution is 0.0491. The zero-order valence-electron chi connectivity index (χ0n) is 9.32. The summed E-state index contributed by atoms with van der Waals surface area (Å²) in [5.74, 6) is 1.40. The van der Waals surface area contributed by atoms with Crippen LogP contribution >= 0.6 is 0 Å². The molecule has 82 valence electrons. The first kappa shape index (κ1) is 11.6. The summed E-state index contributed by atoms with van der Waals surface area (Å²) in [7, 11) is 3.20. The summed E-state index contributed by atoms with van der Waals surface area (Å²) >= 11 is 0. The van der Waals surface area contributed by atoms with Crippen molar-refractivity contribution in [2.45, 2.75) is 6.92 Å². The number of rotatable bonds is 5. The molecule has 1 aromatic rings. The topological polar surface area (TPSA) is 27.7 Å². The van der Waals surface area contributed by atoms with Gasteiger partial charge in [-0.15, -0.1) is 0 Å². The average molecular weight is 208 g/mol. The number of hydrogen-bond acceptors (Lipinski definition) is 3. The molecular formula is C12H16O3. The minimum Gasteiger partial charge on any atom is -0.493 e. The molecule has 1 rings (SSSR count). The molecule has 0 aromatic heterocycles. The van der Waals surface area contributed by atoms with Crippen LogP contribution in [0.3, 0.4) is 0 Å². The van der Waals surface area contributed by atoms with Gasteiger partial charge in [0.15, 0.2) is 18.3 Å². The highest BCUT2D eigenvalue weighted by Gasteiger charge is 2.03. The van der Waals surface area contributed by atoms with Crippen molar-refractivity contribution in [3.05, 3.63) is 29.8 Å². The van der Waals surface area contributed by atoms with Crippen molar-refractivity contribution in [2.75, 3.05) is 21.0 Å². The van der Waals surface area contributed by atoms with Crippen molar-refractivity contribution in [1.82, 2.24) is 0 Å². The Hall–Kier alpha value is -1.48. The van der Waals surface area contributed by atoms with Crippen LogP contribution in [0.25, 0.3) is 6.08 Å². The molecule has 3 heteroatoms. The second kappa shape index (κ2) is 6.09. The lowest BCUT2D eigenvalue weighted by atomic mass is 10.2. The maximum Gasteiger partial charge on any atom is 0.188 e. The molecule has 0 heterocycles. The molecule has 0 radical (unpaired) electrons. The molecule has 0 atom stereocenters. The van der Waals surface area contributed by atoms with Crippen molar-refractivity contribution in [3.63, 3.8) is 0 Å². The molecule has 0 aliphatic carbocycles. The van der Waals surface area contributed by atoms with Crippen LogP contribution in [0.4, 0.5) is 0 Å². The number of allylic oxidation sites excluding steroid dienone is 1.